The molecule has 0 radical (unpaired) electrons. The third kappa shape index (κ3) is 3.40. The fourth-order valence-corrected chi connectivity index (χ4v) is 3.04. The van der Waals surface area contributed by atoms with Crippen LogP contribution in [0.15, 0.2) is 18.3 Å². The van der Waals surface area contributed by atoms with E-state index in [1.165, 1.54) is 0 Å². The molecule has 17 heavy (non-hydrogen) atoms. The maximum atomic E-state index is 11.2. The predicted octanol–water partition coefficient (Wildman–Crippen LogP) is 2.35. The van der Waals surface area contributed by atoms with Crippen molar-refractivity contribution in [3.05, 3.63) is 29.0 Å². The van der Waals surface area contributed by atoms with Gasteiger partial charge in [-0.1, -0.05) is 24.1 Å². The Morgan fingerprint density at radius 2 is 2.18 bits per heavy atom. The first kappa shape index (κ1) is 12.8. The predicted molar refractivity (Wildman–Crippen MR) is 65.6 cm³/mol. The fourth-order valence-electron chi connectivity index (χ4n) is 2.25. The summed E-state index contributed by atoms with van der Waals surface area (Å²) in [6.07, 6.45) is 5.16. The maximum Gasteiger partial charge on any atom is 0.264 e. The molecule has 1 aromatic heterocycles. The summed E-state index contributed by atoms with van der Waals surface area (Å²) in [6.45, 7) is 0. The summed E-state index contributed by atoms with van der Waals surface area (Å²) in [5, 5.41) is 0.437. The Bertz CT molecular complexity index is 486. The Balaban J connectivity index is 2.17. The van der Waals surface area contributed by atoms with Crippen LogP contribution in [0.25, 0.3) is 0 Å². The van der Waals surface area contributed by atoms with Gasteiger partial charge in [-0.25, -0.2) is 4.98 Å². The Morgan fingerprint density at radius 3 is 2.76 bits per heavy atom. The molecular formula is C11H14ClNO3S. The van der Waals surface area contributed by atoms with Gasteiger partial charge in [-0.15, -0.1) is 0 Å². The number of pyridine rings is 1. The van der Waals surface area contributed by atoms with Gasteiger partial charge in [0.1, 0.15) is 5.15 Å². The van der Waals surface area contributed by atoms with E-state index in [9.17, 15) is 8.42 Å². The van der Waals surface area contributed by atoms with E-state index in [0.29, 0.717) is 5.15 Å². The lowest BCUT2D eigenvalue weighted by atomic mass is 9.98. The van der Waals surface area contributed by atoms with E-state index in [4.69, 9.17) is 15.8 Å². The molecule has 1 aliphatic rings. The van der Waals surface area contributed by atoms with Crippen molar-refractivity contribution in [2.24, 2.45) is 0 Å². The van der Waals surface area contributed by atoms with Gasteiger partial charge >= 0.3 is 0 Å². The first-order valence-electron chi connectivity index (χ1n) is 5.45. The molecule has 0 aliphatic heterocycles. The Morgan fingerprint density at radius 1 is 1.41 bits per heavy atom. The normalized spacial score (nSPS) is 25.1. The molecule has 0 saturated heterocycles. The van der Waals surface area contributed by atoms with E-state index in [2.05, 4.69) is 4.98 Å². The van der Waals surface area contributed by atoms with Crippen molar-refractivity contribution in [1.29, 1.82) is 0 Å². The number of nitrogens with zero attached hydrogens (tertiary/aromatic N) is 1. The van der Waals surface area contributed by atoms with E-state index in [0.717, 1.165) is 31.1 Å². The first-order valence-corrected chi connectivity index (χ1v) is 7.65. The Labute approximate surface area is 106 Å². The monoisotopic (exact) mass is 275 g/mol. The minimum atomic E-state index is -3.40. The zero-order valence-electron chi connectivity index (χ0n) is 9.47. The van der Waals surface area contributed by atoms with Crippen LogP contribution in [0.3, 0.4) is 0 Å². The first-order chi connectivity index (χ1) is 7.96. The summed E-state index contributed by atoms with van der Waals surface area (Å²) in [6, 6.07) is 3.59. The summed E-state index contributed by atoms with van der Waals surface area (Å²) in [4.78, 5) is 4.02. The van der Waals surface area contributed by atoms with Crippen molar-refractivity contribution in [1.82, 2.24) is 4.98 Å². The summed E-state index contributed by atoms with van der Waals surface area (Å²) in [7, 11) is -3.40. The molecule has 0 aromatic carbocycles. The van der Waals surface area contributed by atoms with Gasteiger partial charge in [-0.05, 0) is 24.5 Å². The molecule has 0 N–H and O–H groups in total. The SMILES string of the molecule is CS(=O)(=O)OC1CCCC1c1ccc(Cl)nc1. The third-order valence-electron chi connectivity index (χ3n) is 2.93. The minimum Gasteiger partial charge on any atom is -0.266 e. The Hall–Kier alpha value is -0.650. The largest absolute Gasteiger partial charge is 0.266 e. The second kappa shape index (κ2) is 4.92. The molecule has 2 rings (SSSR count). The number of rotatable bonds is 3. The van der Waals surface area contributed by atoms with Crippen LogP contribution in [-0.2, 0) is 14.3 Å². The van der Waals surface area contributed by atoms with Crippen molar-refractivity contribution < 1.29 is 12.6 Å². The van der Waals surface area contributed by atoms with Crippen LogP contribution >= 0.6 is 11.6 Å². The van der Waals surface area contributed by atoms with E-state index in [1.807, 2.05) is 6.07 Å². The highest BCUT2D eigenvalue weighted by molar-refractivity contribution is 7.86. The molecule has 1 heterocycles. The number of hydrogen-bond donors (Lipinski definition) is 0. The van der Waals surface area contributed by atoms with Crippen molar-refractivity contribution in [3.8, 4) is 0 Å². The van der Waals surface area contributed by atoms with Crippen molar-refractivity contribution in [3.63, 3.8) is 0 Å². The average Bonchev–Trinajstić information content (AvgIpc) is 2.64. The van der Waals surface area contributed by atoms with Gasteiger partial charge in [0.05, 0.1) is 12.4 Å². The quantitative estimate of drug-likeness (QED) is 0.628. The molecule has 4 nitrogen and oxygen atoms in total. The zero-order chi connectivity index (χ0) is 12.5. The maximum absolute atomic E-state index is 11.2. The molecule has 0 bridgehead atoms. The molecular weight excluding hydrogens is 262 g/mol. The Kier molecular flexibility index (Phi) is 3.70. The van der Waals surface area contributed by atoms with E-state index in [-0.39, 0.29) is 12.0 Å². The molecule has 94 valence electrons. The average molecular weight is 276 g/mol. The lowest BCUT2D eigenvalue weighted by molar-refractivity contribution is 0.200. The molecule has 1 aliphatic carbocycles. The van der Waals surface area contributed by atoms with E-state index < -0.39 is 10.1 Å². The molecule has 0 amide bonds. The number of halogens is 1. The van der Waals surface area contributed by atoms with Gasteiger partial charge in [-0.3, -0.25) is 4.18 Å². The second-order valence-corrected chi connectivity index (χ2v) is 6.28. The molecule has 2 atom stereocenters. The lowest BCUT2D eigenvalue weighted by Gasteiger charge is -2.18. The fraction of sp³-hybridized carbons (Fsp3) is 0.545. The standard InChI is InChI=1S/C11H14ClNO3S/c1-17(14,15)16-10-4-2-3-9(10)8-5-6-11(12)13-7-8/h5-7,9-10H,2-4H2,1H3. The third-order valence-corrected chi connectivity index (χ3v) is 3.75. The van der Waals surface area contributed by atoms with Crippen LogP contribution in [0.5, 0.6) is 0 Å². The van der Waals surface area contributed by atoms with Crippen LogP contribution in [-0.4, -0.2) is 25.8 Å². The topological polar surface area (TPSA) is 56.3 Å². The van der Waals surface area contributed by atoms with E-state index >= 15 is 0 Å². The molecule has 1 aromatic rings. The van der Waals surface area contributed by atoms with Gasteiger partial charge in [0.25, 0.3) is 10.1 Å². The zero-order valence-corrected chi connectivity index (χ0v) is 11.0. The van der Waals surface area contributed by atoms with Crippen molar-refractivity contribution in [2.45, 2.75) is 31.3 Å². The molecule has 1 fully saturated rings. The van der Waals surface area contributed by atoms with Crippen LogP contribution in [0.4, 0.5) is 0 Å². The van der Waals surface area contributed by atoms with Crippen LogP contribution in [0.2, 0.25) is 5.15 Å². The number of hydrogen-bond acceptors (Lipinski definition) is 4. The summed E-state index contributed by atoms with van der Waals surface area (Å²) in [5.74, 6) is 0.0921. The van der Waals surface area contributed by atoms with Crippen LogP contribution in [0.1, 0.15) is 30.7 Å². The molecule has 1 saturated carbocycles. The highest BCUT2D eigenvalue weighted by Gasteiger charge is 2.32. The van der Waals surface area contributed by atoms with E-state index in [1.54, 1.807) is 12.3 Å². The second-order valence-electron chi connectivity index (χ2n) is 4.29. The van der Waals surface area contributed by atoms with Gasteiger partial charge in [0.15, 0.2) is 0 Å². The van der Waals surface area contributed by atoms with Gasteiger partial charge < -0.3 is 0 Å². The van der Waals surface area contributed by atoms with Crippen molar-refractivity contribution in [2.75, 3.05) is 6.26 Å². The molecule has 0 spiro atoms. The van der Waals surface area contributed by atoms with Crippen LogP contribution in [0, 0.1) is 0 Å². The smallest absolute Gasteiger partial charge is 0.264 e. The molecule has 6 heteroatoms. The summed E-state index contributed by atoms with van der Waals surface area (Å²) < 4.78 is 27.4. The number of aromatic nitrogens is 1. The van der Waals surface area contributed by atoms with Gasteiger partial charge in [-0.2, -0.15) is 8.42 Å². The summed E-state index contributed by atoms with van der Waals surface area (Å²) in [5.41, 5.74) is 0.987. The highest BCUT2D eigenvalue weighted by atomic mass is 35.5. The lowest BCUT2D eigenvalue weighted by Crippen LogP contribution is -2.20. The van der Waals surface area contributed by atoms with Crippen LogP contribution < -0.4 is 0 Å². The van der Waals surface area contributed by atoms with Crippen molar-refractivity contribution >= 4 is 21.7 Å². The minimum absolute atomic E-state index is 0.0921. The summed E-state index contributed by atoms with van der Waals surface area (Å²) >= 11 is 5.72. The van der Waals surface area contributed by atoms with Gasteiger partial charge in [0.2, 0.25) is 0 Å². The highest BCUT2D eigenvalue weighted by Crippen LogP contribution is 2.37. The van der Waals surface area contributed by atoms with Gasteiger partial charge in [0, 0.05) is 12.1 Å². The molecule has 2 unspecified atom stereocenters.